The number of anilines is 1. The number of piperazine rings is 1. The maximum absolute atomic E-state index is 12.0. The van der Waals surface area contributed by atoms with Crippen LogP contribution in [0, 0.1) is 18.3 Å². The number of nitrogens with zero attached hydrogens (tertiary/aromatic N) is 2. The maximum atomic E-state index is 12.0. The molecule has 1 aromatic rings. The van der Waals surface area contributed by atoms with Gasteiger partial charge in [0.25, 0.3) is 5.91 Å². The Morgan fingerprint density at radius 1 is 1.43 bits per heavy atom. The van der Waals surface area contributed by atoms with Crippen LogP contribution in [-0.4, -0.2) is 50.1 Å². The van der Waals surface area contributed by atoms with Crippen molar-refractivity contribution < 1.29 is 4.79 Å². The predicted octanol–water partition coefficient (Wildman–Crippen LogP) is 0.836. The van der Waals surface area contributed by atoms with Crippen molar-refractivity contribution in [2.45, 2.75) is 6.92 Å². The summed E-state index contributed by atoms with van der Waals surface area (Å²) in [6.45, 7) is 7.29. The lowest BCUT2D eigenvalue weighted by Gasteiger charge is -2.27. The van der Waals surface area contributed by atoms with Crippen LogP contribution in [0.3, 0.4) is 0 Å². The zero-order chi connectivity index (χ0) is 16.5. The molecule has 1 heterocycles. The van der Waals surface area contributed by atoms with Gasteiger partial charge in [-0.25, -0.2) is 0 Å². The molecule has 1 aromatic carbocycles. The molecule has 0 unspecified atom stereocenters. The summed E-state index contributed by atoms with van der Waals surface area (Å²) in [4.78, 5) is 14.3. The first kappa shape index (κ1) is 17.0. The molecule has 1 saturated heterocycles. The molecule has 0 atom stereocenters. The summed E-state index contributed by atoms with van der Waals surface area (Å²) < 4.78 is 0. The number of nitriles is 1. The van der Waals surface area contributed by atoms with E-state index in [4.69, 9.17) is 5.26 Å². The van der Waals surface area contributed by atoms with Crippen molar-refractivity contribution in [3.8, 4) is 6.07 Å². The smallest absolute Gasteiger partial charge is 0.263 e. The van der Waals surface area contributed by atoms with E-state index < -0.39 is 0 Å². The molecule has 0 saturated carbocycles. The second-order valence-corrected chi connectivity index (χ2v) is 5.53. The van der Waals surface area contributed by atoms with Gasteiger partial charge in [-0.1, -0.05) is 12.1 Å². The van der Waals surface area contributed by atoms with Gasteiger partial charge in [-0.05, 0) is 24.6 Å². The van der Waals surface area contributed by atoms with Gasteiger partial charge < -0.3 is 16.0 Å². The van der Waals surface area contributed by atoms with E-state index in [9.17, 15) is 4.79 Å². The SMILES string of the molecule is Cc1cccc(N/C=C(/C#N)C(=O)NCCN2CCNCC2)c1. The molecule has 0 bridgehead atoms. The van der Waals surface area contributed by atoms with E-state index in [2.05, 4.69) is 20.9 Å². The highest BCUT2D eigenvalue weighted by Crippen LogP contribution is 2.10. The summed E-state index contributed by atoms with van der Waals surface area (Å²) in [5.74, 6) is -0.345. The van der Waals surface area contributed by atoms with Crippen molar-refractivity contribution in [3.05, 3.63) is 41.6 Å². The Morgan fingerprint density at radius 3 is 2.91 bits per heavy atom. The van der Waals surface area contributed by atoms with Crippen LogP contribution in [0.4, 0.5) is 5.69 Å². The van der Waals surface area contributed by atoms with Gasteiger partial charge in [-0.2, -0.15) is 5.26 Å². The van der Waals surface area contributed by atoms with E-state index in [1.165, 1.54) is 6.20 Å². The molecular formula is C17H23N5O. The average molecular weight is 313 g/mol. The molecule has 122 valence electrons. The zero-order valence-electron chi connectivity index (χ0n) is 13.4. The Kier molecular flexibility index (Phi) is 6.60. The number of amides is 1. The van der Waals surface area contributed by atoms with Crippen LogP contribution in [0.15, 0.2) is 36.0 Å². The normalized spacial score (nSPS) is 15.7. The van der Waals surface area contributed by atoms with Crippen LogP contribution in [0.1, 0.15) is 5.56 Å². The van der Waals surface area contributed by atoms with Crippen molar-refractivity contribution in [1.29, 1.82) is 5.26 Å². The van der Waals surface area contributed by atoms with Crippen molar-refractivity contribution in [2.75, 3.05) is 44.6 Å². The number of carbonyl (C=O) groups is 1. The van der Waals surface area contributed by atoms with E-state index in [-0.39, 0.29) is 11.5 Å². The quantitative estimate of drug-likeness (QED) is 0.535. The second kappa shape index (κ2) is 8.93. The van der Waals surface area contributed by atoms with Gasteiger partial charge in [0.05, 0.1) is 0 Å². The molecule has 3 N–H and O–H groups in total. The first-order valence-corrected chi connectivity index (χ1v) is 7.84. The summed E-state index contributed by atoms with van der Waals surface area (Å²) in [6, 6.07) is 9.69. The largest absolute Gasteiger partial charge is 0.360 e. The topological polar surface area (TPSA) is 80.2 Å². The van der Waals surface area contributed by atoms with E-state index in [1.54, 1.807) is 0 Å². The number of aryl methyl sites for hydroxylation is 1. The van der Waals surface area contributed by atoms with Gasteiger partial charge in [0, 0.05) is 51.2 Å². The summed E-state index contributed by atoms with van der Waals surface area (Å²) >= 11 is 0. The highest BCUT2D eigenvalue weighted by molar-refractivity contribution is 5.97. The monoisotopic (exact) mass is 313 g/mol. The fraction of sp³-hybridized carbons (Fsp3) is 0.412. The molecule has 0 aliphatic carbocycles. The third-order valence-corrected chi connectivity index (χ3v) is 3.69. The number of carbonyl (C=O) groups excluding carboxylic acids is 1. The number of benzene rings is 1. The minimum absolute atomic E-state index is 0.0758. The van der Waals surface area contributed by atoms with Gasteiger partial charge in [0.15, 0.2) is 0 Å². The molecule has 2 rings (SSSR count). The van der Waals surface area contributed by atoms with Gasteiger partial charge in [0.2, 0.25) is 0 Å². The van der Waals surface area contributed by atoms with Gasteiger partial charge in [-0.15, -0.1) is 0 Å². The van der Waals surface area contributed by atoms with E-state index in [0.29, 0.717) is 6.54 Å². The standard InChI is InChI=1S/C17H23N5O/c1-14-3-2-4-16(11-14)21-13-15(12-18)17(23)20-7-10-22-8-5-19-6-9-22/h2-4,11,13,19,21H,5-10H2,1H3,(H,20,23)/b15-13-. The summed E-state index contributed by atoms with van der Waals surface area (Å²) in [7, 11) is 0. The number of hydrogen-bond donors (Lipinski definition) is 3. The van der Waals surface area contributed by atoms with Crippen LogP contribution >= 0.6 is 0 Å². The average Bonchev–Trinajstić information content (AvgIpc) is 2.56. The predicted molar refractivity (Wildman–Crippen MR) is 90.8 cm³/mol. The maximum Gasteiger partial charge on any atom is 0.263 e. The minimum atomic E-state index is -0.345. The fourth-order valence-electron chi connectivity index (χ4n) is 2.40. The number of rotatable bonds is 6. The van der Waals surface area contributed by atoms with Crippen molar-refractivity contribution in [3.63, 3.8) is 0 Å². The first-order chi connectivity index (χ1) is 11.2. The summed E-state index contributed by atoms with van der Waals surface area (Å²) in [5.41, 5.74) is 2.04. The molecule has 1 amide bonds. The van der Waals surface area contributed by atoms with Gasteiger partial charge in [-0.3, -0.25) is 9.69 Å². The molecule has 6 heteroatoms. The van der Waals surface area contributed by atoms with Crippen LogP contribution in [0.5, 0.6) is 0 Å². The molecule has 1 aliphatic rings. The fourth-order valence-corrected chi connectivity index (χ4v) is 2.40. The Bertz CT molecular complexity index is 599. The second-order valence-electron chi connectivity index (χ2n) is 5.53. The lowest BCUT2D eigenvalue weighted by molar-refractivity contribution is -0.117. The minimum Gasteiger partial charge on any atom is -0.360 e. The Hall–Kier alpha value is -2.36. The summed E-state index contributed by atoms with van der Waals surface area (Å²) in [6.07, 6.45) is 1.45. The van der Waals surface area contributed by atoms with Crippen molar-refractivity contribution in [1.82, 2.24) is 15.5 Å². The Labute approximate surface area is 137 Å². The summed E-state index contributed by atoms with van der Waals surface area (Å²) in [5, 5.41) is 18.2. The van der Waals surface area contributed by atoms with Crippen LogP contribution in [0.25, 0.3) is 0 Å². The third kappa shape index (κ3) is 5.74. The highest BCUT2D eigenvalue weighted by atomic mass is 16.1. The lowest BCUT2D eigenvalue weighted by Crippen LogP contribution is -2.46. The van der Waals surface area contributed by atoms with Crippen molar-refractivity contribution >= 4 is 11.6 Å². The number of nitrogens with one attached hydrogen (secondary N) is 3. The Balaban J connectivity index is 1.80. The Morgan fingerprint density at radius 2 is 2.22 bits per heavy atom. The number of hydrogen-bond acceptors (Lipinski definition) is 5. The van der Waals surface area contributed by atoms with Crippen LogP contribution < -0.4 is 16.0 Å². The van der Waals surface area contributed by atoms with E-state index >= 15 is 0 Å². The third-order valence-electron chi connectivity index (χ3n) is 3.69. The van der Waals surface area contributed by atoms with Gasteiger partial charge in [0.1, 0.15) is 11.6 Å². The molecular weight excluding hydrogens is 290 g/mol. The van der Waals surface area contributed by atoms with Crippen LogP contribution in [-0.2, 0) is 4.79 Å². The molecule has 0 aromatic heterocycles. The highest BCUT2D eigenvalue weighted by Gasteiger charge is 2.11. The van der Waals surface area contributed by atoms with Gasteiger partial charge >= 0.3 is 0 Å². The molecule has 1 fully saturated rings. The molecule has 0 spiro atoms. The molecule has 6 nitrogen and oxygen atoms in total. The zero-order valence-corrected chi connectivity index (χ0v) is 13.4. The molecule has 0 radical (unpaired) electrons. The molecule has 23 heavy (non-hydrogen) atoms. The van der Waals surface area contributed by atoms with E-state index in [1.807, 2.05) is 37.3 Å². The lowest BCUT2D eigenvalue weighted by atomic mass is 10.2. The van der Waals surface area contributed by atoms with Crippen molar-refractivity contribution in [2.24, 2.45) is 0 Å². The first-order valence-electron chi connectivity index (χ1n) is 7.84. The van der Waals surface area contributed by atoms with E-state index in [0.717, 1.165) is 44.0 Å². The molecule has 1 aliphatic heterocycles. The van der Waals surface area contributed by atoms with Crippen LogP contribution in [0.2, 0.25) is 0 Å².